The maximum Gasteiger partial charge on any atom is 0.154 e. The van der Waals surface area contributed by atoms with Crippen LogP contribution in [-0.2, 0) is 0 Å². The summed E-state index contributed by atoms with van der Waals surface area (Å²) >= 11 is 3.63. The highest BCUT2D eigenvalue weighted by molar-refractivity contribution is 14.1. The van der Waals surface area contributed by atoms with Crippen molar-refractivity contribution in [3.63, 3.8) is 0 Å². The predicted octanol–water partition coefficient (Wildman–Crippen LogP) is 3.02. The van der Waals surface area contributed by atoms with Gasteiger partial charge >= 0.3 is 0 Å². The third kappa shape index (κ3) is 1.34. The molecule has 1 N–H and O–H groups in total. The number of halogens is 1. The van der Waals surface area contributed by atoms with Crippen molar-refractivity contribution in [1.82, 2.24) is 0 Å². The molecule has 1 aromatic heterocycles. The fraction of sp³-hybridized carbons (Fsp3) is 0. The van der Waals surface area contributed by atoms with E-state index in [1.165, 1.54) is 0 Å². The van der Waals surface area contributed by atoms with Crippen molar-refractivity contribution in [3.8, 4) is 5.75 Å². The summed E-state index contributed by atoms with van der Waals surface area (Å²) in [5.74, 6) is 0.0642. The third-order valence-corrected chi connectivity index (χ3v) is 3.86. The highest BCUT2D eigenvalue weighted by Gasteiger charge is 2.10. The molecule has 2 nitrogen and oxygen atoms in total. The molecule has 0 fully saturated rings. The Bertz CT molecular complexity index is 476. The number of hydrogen-bond acceptors (Lipinski definition) is 3. The standard InChI is InChI=1S/C9H5IO2S/c10-9-5-1-2-13-8(5)3-7(12)6(9)4-11/h1-4,12H. The van der Waals surface area contributed by atoms with Gasteiger partial charge in [-0.3, -0.25) is 4.79 Å². The Morgan fingerprint density at radius 2 is 2.31 bits per heavy atom. The molecule has 0 saturated heterocycles. The van der Waals surface area contributed by atoms with Gasteiger partial charge in [-0.15, -0.1) is 11.3 Å². The second-order valence-corrected chi connectivity index (χ2v) is 4.60. The number of aromatic hydroxyl groups is 1. The number of hydrogen-bond donors (Lipinski definition) is 1. The number of carbonyl (C=O) groups excluding carboxylic acids is 1. The lowest BCUT2D eigenvalue weighted by atomic mass is 10.1. The molecule has 0 atom stereocenters. The first-order valence-electron chi connectivity index (χ1n) is 3.58. The summed E-state index contributed by atoms with van der Waals surface area (Å²) in [5.41, 5.74) is 0.381. The quantitative estimate of drug-likeness (QED) is 0.649. The topological polar surface area (TPSA) is 37.3 Å². The number of aldehydes is 1. The van der Waals surface area contributed by atoms with Gasteiger partial charge in [-0.1, -0.05) is 0 Å². The first-order chi connectivity index (χ1) is 6.24. The van der Waals surface area contributed by atoms with Gasteiger partial charge in [0.15, 0.2) is 6.29 Å². The van der Waals surface area contributed by atoms with Crippen molar-refractivity contribution in [1.29, 1.82) is 0 Å². The molecule has 13 heavy (non-hydrogen) atoms. The van der Waals surface area contributed by atoms with Crippen molar-refractivity contribution in [2.75, 3.05) is 0 Å². The van der Waals surface area contributed by atoms with Crippen LogP contribution in [0.4, 0.5) is 0 Å². The largest absolute Gasteiger partial charge is 0.507 e. The summed E-state index contributed by atoms with van der Waals surface area (Å²) in [6.07, 6.45) is 0.689. The molecule has 1 heterocycles. The minimum absolute atomic E-state index is 0.0642. The van der Waals surface area contributed by atoms with Gasteiger partial charge in [-0.2, -0.15) is 0 Å². The van der Waals surface area contributed by atoms with Gasteiger partial charge in [-0.25, -0.2) is 0 Å². The fourth-order valence-electron chi connectivity index (χ4n) is 1.19. The molecule has 0 saturated carbocycles. The zero-order chi connectivity index (χ0) is 9.42. The number of rotatable bonds is 1. The molecule has 0 spiro atoms. The highest BCUT2D eigenvalue weighted by Crippen LogP contribution is 2.33. The lowest BCUT2D eigenvalue weighted by Crippen LogP contribution is -1.86. The first-order valence-corrected chi connectivity index (χ1v) is 5.53. The van der Waals surface area contributed by atoms with E-state index in [1.54, 1.807) is 17.4 Å². The molecule has 0 amide bonds. The summed E-state index contributed by atoms with van der Waals surface area (Å²) in [5, 5.41) is 12.5. The zero-order valence-electron chi connectivity index (χ0n) is 6.45. The lowest BCUT2D eigenvalue weighted by molar-refractivity contribution is 0.112. The molecule has 1 aromatic carbocycles. The number of carbonyl (C=O) groups is 1. The molecule has 0 aliphatic carbocycles. The number of phenolic OH excluding ortho intramolecular Hbond substituents is 1. The van der Waals surface area contributed by atoms with Crippen LogP contribution in [0.5, 0.6) is 5.75 Å². The lowest BCUT2D eigenvalue weighted by Gasteiger charge is -2.01. The van der Waals surface area contributed by atoms with E-state index in [4.69, 9.17) is 0 Å². The Hall–Kier alpha value is -0.620. The summed E-state index contributed by atoms with van der Waals surface area (Å²) in [6.45, 7) is 0. The Morgan fingerprint density at radius 1 is 1.54 bits per heavy atom. The molecular formula is C9H5IO2S. The van der Waals surface area contributed by atoms with Crippen LogP contribution in [0.15, 0.2) is 17.5 Å². The molecule has 66 valence electrons. The van der Waals surface area contributed by atoms with Gasteiger partial charge in [0.05, 0.1) is 5.56 Å². The van der Waals surface area contributed by atoms with Crippen LogP contribution in [0, 0.1) is 3.57 Å². The predicted molar refractivity (Wildman–Crippen MR) is 61.6 cm³/mol. The minimum atomic E-state index is 0.0642. The SMILES string of the molecule is O=Cc1c(O)cc2sccc2c1I. The van der Waals surface area contributed by atoms with Gasteiger partial charge in [0.1, 0.15) is 5.75 Å². The van der Waals surface area contributed by atoms with Crippen molar-refractivity contribution in [3.05, 3.63) is 26.6 Å². The van der Waals surface area contributed by atoms with Crippen LogP contribution in [0.25, 0.3) is 10.1 Å². The van der Waals surface area contributed by atoms with Crippen molar-refractivity contribution in [2.24, 2.45) is 0 Å². The second kappa shape index (κ2) is 3.26. The van der Waals surface area contributed by atoms with Crippen LogP contribution in [0.3, 0.4) is 0 Å². The van der Waals surface area contributed by atoms with Gasteiger partial charge < -0.3 is 5.11 Å². The van der Waals surface area contributed by atoms with Crippen LogP contribution in [-0.4, -0.2) is 11.4 Å². The number of benzene rings is 1. The van der Waals surface area contributed by atoms with E-state index in [0.29, 0.717) is 11.8 Å². The van der Waals surface area contributed by atoms with Gasteiger partial charge in [0, 0.05) is 13.7 Å². The molecule has 0 bridgehead atoms. The maximum absolute atomic E-state index is 10.7. The molecule has 4 heteroatoms. The van der Waals surface area contributed by atoms with Gasteiger partial charge in [0.2, 0.25) is 0 Å². The number of phenols is 1. The Kier molecular flexibility index (Phi) is 2.25. The minimum Gasteiger partial charge on any atom is -0.507 e. The van der Waals surface area contributed by atoms with Crippen molar-refractivity contribution >= 4 is 50.3 Å². The first kappa shape index (κ1) is 8.96. The molecule has 0 aliphatic rings. The third-order valence-electron chi connectivity index (χ3n) is 1.83. The van der Waals surface area contributed by atoms with Gasteiger partial charge in [0.25, 0.3) is 0 Å². The number of thiophene rings is 1. The highest BCUT2D eigenvalue weighted by atomic mass is 127. The Balaban J connectivity index is 2.92. The van der Waals surface area contributed by atoms with E-state index in [-0.39, 0.29) is 5.75 Å². The zero-order valence-corrected chi connectivity index (χ0v) is 9.43. The van der Waals surface area contributed by atoms with Crippen LogP contribution in [0.1, 0.15) is 10.4 Å². The van der Waals surface area contributed by atoms with Crippen molar-refractivity contribution in [2.45, 2.75) is 0 Å². The Morgan fingerprint density at radius 3 is 3.00 bits per heavy atom. The molecule has 0 unspecified atom stereocenters. The summed E-state index contributed by atoms with van der Waals surface area (Å²) in [7, 11) is 0. The van der Waals surface area contributed by atoms with Crippen LogP contribution >= 0.6 is 33.9 Å². The van der Waals surface area contributed by atoms with Crippen molar-refractivity contribution < 1.29 is 9.90 Å². The summed E-state index contributed by atoms with van der Waals surface area (Å²) in [4.78, 5) is 10.7. The molecular weight excluding hydrogens is 299 g/mol. The normalized spacial score (nSPS) is 10.5. The second-order valence-electron chi connectivity index (χ2n) is 2.57. The molecule has 2 aromatic rings. The van der Waals surface area contributed by atoms with Crippen LogP contribution < -0.4 is 0 Å². The van der Waals surface area contributed by atoms with E-state index >= 15 is 0 Å². The van der Waals surface area contributed by atoms with E-state index in [9.17, 15) is 9.90 Å². The monoisotopic (exact) mass is 304 g/mol. The van der Waals surface area contributed by atoms with Gasteiger partial charge in [-0.05, 0) is 40.1 Å². The fourth-order valence-corrected chi connectivity index (χ4v) is 3.07. The van der Waals surface area contributed by atoms with Crippen LogP contribution in [0.2, 0.25) is 0 Å². The van der Waals surface area contributed by atoms with E-state index in [2.05, 4.69) is 22.6 Å². The summed E-state index contributed by atoms with van der Waals surface area (Å²) < 4.78 is 1.83. The average molecular weight is 304 g/mol. The van der Waals surface area contributed by atoms with E-state index < -0.39 is 0 Å². The molecule has 0 aliphatic heterocycles. The Labute approximate surface area is 92.3 Å². The molecule has 0 radical (unpaired) electrons. The summed E-state index contributed by atoms with van der Waals surface area (Å²) in [6, 6.07) is 3.58. The maximum atomic E-state index is 10.7. The number of fused-ring (bicyclic) bond motifs is 1. The van der Waals surface area contributed by atoms with E-state index in [1.807, 2.05) is 11.4 Å². The smallest absolute Gasteiger partial charge is 0.154 e. The molecule has 2 rings (SSSR count). The average Bonchev–Trinajstić information content (AvgIpc) is 2.53. The van der Waals surface area contributed by atoms with E-state index in [0.717, 1.165) is 13.7 Å².